The van der Waals surface area contributed by atoms with Crippen LogP contribution in [0.1, 0.15) is 47.2 Å². The summed E-state index contributed by atoms with van der Waals surface area (Å²) in [5.41, 5.74) is -4.75. The van der Waals surface area contributed by atoms with Gasteiger partial charge < -0.3 is 28.4 Å². The third kappa shape index (κ3) is 10.9. The van der Waals surface area contributed by atoms with Crippen molar-refractivity contribution in [2.75, 3.05) is 13.1 Å². The number of carbonyl (C=O) groups excluding carboxylic acids is 6. The molecule has 2 amide bonds. The standard InChI is InChI=1S/C64H42N8O12S4/c1-3-71-55(73)53(87-57(71)41(29-65)30-66)69-49-27-47-51(85-49)43-25-46-44(26-45(43)63(83-47,59(75)79-33-37-17-9-5-10-18-37)60(76)80-34-38-19-11-6-12-20-38)52-48(28-50(86-52)70-54-56(74)72(4-2)58(88-54)42(31-67)32-68)84-64(46,61(77)81-35-39-21-13-7-14-22-39)62(78)82-36-40-23-15-8-16-24-40/h5-28H,3-4,33-36H2,1-2H3/b69-53+,70-54+. The quantitative estimate of drug-likeness (QED) is 0.0376. The Kier molecular flexibility index (Phi) is 16.9. The number of aliphatic imine (C=N–C) groups is 2. The van der Waals surface area contributed by atoms with E-state index in [2.05, 4.69) is 0 Å². The fourth-order valence-electron chi connectivity index (χ4n) is 9.76. The Hall–Kier alpha value is -10.6. The van der Waals surface area contributed by atoms with Crippen LogP contribution in [0.15, 0.2) is 177 Å². The Morgan fingerprint density at radius 2 is 0.773 bits per heavy atom. The number of nitrogens with zero attached hydrogens (tertiary/aromatic N) is 8. The van der Waals surface area contributed by atoms with E-state index in [1.807, 2.05) is 24.3 Å². The monoisotopic (exact) mass is 1240 g/mol. The minimum Gasteiger partial charge on any atom is -0.458 e. The van der Waals surface area contributed by atoms with Gasteiger partial charge in [-0.25, -0.2) is 29.2 Å². The van der Waals surface area contributed by atoms with E-state index < -0.39 is 46.9 Å². The number of thioether (sulfide) groups is 2. The van der Waals surface area contributed by atoms with Crippen molar-refractivity contribution in [2.45, 2.75) is 51.5 Å². The van der Waals surface area contributed by atoms with E-state index in [0.29, 0.717) is 22.3 Å². The minimum absolute atomic E-state index is 0.0138. The number of allylic oxidation sites excluding steroid dienone is 2. The van der Waals surface area contributed by atoms with E-state index in [-0.39, 0.29) is 124 Å². The Balaban J connectivity index is 1.18. The lowest BCUT2D eigenvalue weighted by Crippen LogP contribution is -2.54. The number of nitriles is 4. The van der Waals surface area contributed by atoms with Crippen molar-refractivity contribution >= 4 is 102 Å². The van der Waals surface area contributed by atoms with Gasteiger partial charge in [0.2, 0.25) is 0 Å². The first kappa shape index (κ1) is 59.1. The Morgan fingerprint density at radius 3 is 1.05 bits per heavy atom. The number of benzene rings is 5. The first-order valence-corrected chi connectivity index (χ1v) is 30.0. The molecule has 434 valence electrons. The third-order valence-electron chi connectivity index (χ3n) is 14.0. The second-order valence-corrected chi connectivity index (χ2v) is 23.3. The molecule has 0 unspecified atom stereocenters. The molecule has 11 rings (SSSR count). The van der Waals surface area contributed by atoms with Crippen molar-refractivity contribution in [3.8, 4) is 56.7 Å². The summed E-state index contributed by atoms with van der Waals surface area (Å²) in [6, 6.07) is 47.3. The van der Waals surface area contributed by atoms with Gasteiger partial charge in [0, 0.05) is 47.5 Å². The van der Waals surface area contributed by atoms with Crippen LogP contribution >= 0.6 is 46.2 Å². The normalized spacial score (nSPS) is 15.6. The lowest BCUT2D eigenvalue weighted by atomic mass is 9.78. The number of carbonyl (C=O) groups is 6. The summed E-state index contributed by atoms with van der Waals surface area (Å²) in [4.78, 5) is 103. The van der Waals surface area contributed by atoms with Gasteiger partial charge in [0.1, 0.15) is 82.3 Å². The molecule has 20 nitrogen and oxygen atoms in total. The highest BCUT2D eigenvalue weighted by Gasteiger charge is 2.62. The lowest BCUT2D eigenvalue weighted by molar-refractivity contribution is -0.185. The fourth-order valence-corrected chi connectivity index (χ4v) is 13.9. The number of ether oxygens (including phenoxy) is 6. The molecule has 0 N–H and O–H groups in total. The predicted molar refractivity (Wildman–Crippen MR) is 323 cm³/mol. The highest BCUT2D eigenvalue weighted by atomic mass is 32.2. The first-order chi connectivity index (χ1) is 42.8. The van der Waals surface area contributed by atoms with E-state index in [1.54, 1.807) is 135 Å². The summed E-state index contributed by atoms with van der Waals surface area (Å²) >= 11 is 3.43. The summed E-state index contributed by atoms with van der Waals surface area (Å²) in [7, 11) is 0. The summed E-state index contributed by atoms with van der Waals surface area (Å²) in [5, 5.41) is 39.3. The largest absolute Gasteiger partial charge is 0.458 e. The van der Waals surface area contributed by atoms with Crippen molar-refractivity contribution < 1.29 is 57.2 Å². The van der Waals surface area contributed by atoms with Crippen LogP contribution in [-0.2, 0) is 85.3 Å². The average Bonchev–Trinajstić information content (AvgIpc) is 1.24. The number of thiophene rings is 2. The maximum Gasteiger partial charge on any atom is 0.367 e. The van der Waals surface area contributed by atoms with Crippen LogP contribution in [0.3, 0.4) is 0 Å². The summed E-state index contributed by atoms with van der Waals surface area (Å²) in [6.45, 7) is 2.01. The lowest BCUT2D eigenvalue weighted by Gasteiger charge is -2.39. The summed E-state index contributed by atoms with van der Waals surface area (Å²) < 4.78 is 37.9. The van der Waals surface area contributed by atoms with Gasteiger partial charge in [0.15, 0.2) is 21.2 Å². The molecule has 0 spiro atoms. The van der Waals surface area contributed by atoms with E-state index in [4.69, 9.17) is 38.4 Å². The predicted octanol–water partition coefficient (Wildman–Crippen LogP) is 11.1. The molecule has 2 saturated heterocycles. The molecule has 0 atom stereocenters. The van der Waals surface area contributed by atoms with Crippen LogP contribution < -0.4 is 9.47 Å². The van der Waals surface area contributed by atoms with Gasteiger partial charge in [-0.05, 0) is 71.8 Å². The van der Waals surface area contributed by atoms with Crippen LogP contribution in [0.4, 0.5) is 10.0 Å². The maximum atomic E-state index is 15.6. The molecule has 24 heteroatoms. The van der Waals surface area contributed by atoms with Crippen molar-refractivity contribution in [2.24, 2.45) is 9.98 Å². The third-order valence-corrected chi connectivity index (χ3v) is 18.2. The first-order valence-electron chi connectivity index (χ1n) is 26.7. The van der Waals surface area contributed by atoms with Gasteiger partial charge in [-0.15, -0.1) is 22.7 Å². The number of hydrogen-bond donors (Lipinski definition) is 0. The molecule has 0 bridgehead atoms. The van der Waals surface area contributed by atoms with Gasteiger partial charge in [-0.2, -0.15) is 21.0 Å². The molecule has 2 fully saturated rings. The zero-order valence-corrected chi connectivity index (χ0v) is 49.5. The molecule has 0 saturated carbocycles. The second-order valence-electron chi connectivity index (χ2n) is 19.3. The van der Waals surface area contributed by atoms with Gasteiger partial charge in [-0.1, -0.05) is 121 Å². The zero-order chi connectivity index (χ0) is 61.7. The van der Waals surface area contributed by atoms with Crippen molar-refractivity contribution in [1.82, 2.24) is 9.80 Å². The van der Waals surface area contributed by atoms with E-state index in [1.165, 1.54) is 34.1 Å². The van der Waals surface area contributed by atoms with E-state index >= 15 is 19.2 Å². The molecule has 6 heterocycles. The number of fused-ring (bicyclic) bond motifs is 6. The number of esters is 4. The molecule has 4 aliphatic rings. The van der Waals surface area contributed by atoms with Crippen LogP contribution in [-0.4, -0.2) is 68.7 Å². The Labute approximate surface area is 518 Å². The highest BCUT2D eigenvalue weighted by molar-refractivity contribution is 8.20. The van der Waals surface area contributed by atoms with E-state index in [9.17, 15) is 30.6 Å². The van der Waals surface area contributed by atoms with Gasteiger partial charge in [-0.3, -0.25) is 19.4 Å². The number of rotatable bonds is 16. The van der Waals surface area contributed by atoms with Gasteiger partial charge in [0.05, 0.1) is 9.75 Å². The molecule has 2 aromatic heterocycles. The summed E-state index contributed by atoms with van der Waals surface area (Å²) in [6.07, 6.45) is 0. The van der Waals surface area contributed by atoms with Crippen molar-refractivity contribution in [3.63, 3.8) is 0 Å². The average molecular weight is 1240 g/mol. The molecule has 0 aliphatic carbocycles. The van der Waals surface area contributed by atoms with Gasteiger partial charge in [0.25, 0.3) is 11.8 Å². The van der Waals surface area contributed by atoms with Crippen molar-refractivity contribution in [3.05, 3.63) is 200 Å². The molecular weight excluding hydrogens is 1200 g/mol. The summed E-state index contributed by atoms with van der Waals surface area (Å²) in [5.74, 6) is -6.61. The fraction of sp³-hybridized carbons (Fsp3) is 0.156. The van der Waals surface area contributed by atoms with Crippen LogP contribution in [0.2, 0.25) is 0 Å². The van der Waals surface area contributed by atoms with Crippen LogP contribution in [0.5, 0.6) is 11.5 Å². The van der Waals surface area contributed by atoms with Crippen molar-refractivity contribution in [1.29, 1.82) is 21.0 Å². The molecular formula is C64H42N8O12S4. The molecule has 5 aromatic carbocycles. The number of amides is 2. The minimum atomic E-state index is -2.89. The van der Waals surface area contributed by atoms with Crippen LogP contribution in [0, 0.1) is 45.3 Å². The van der Waals surface area contributed by atoms with Crippen LogP contribution in [0.25, 0.3) is 20.9 Å². The smallest absolute Gasteiger partial charge is 0.367 e. The Morgan fingerprint density at radius 1 is 0.477 bits per heavy atom. The topological polar surface area (TPSA) is 284 Å². The molecule has 4 aliphatic heterocycles. The molecule has 7 aromatic rings. The second kappa shape index (κ2) is 25.2. The van der Waals surface area contributed by atoms with Gasteiger partial charge >= 0.3 is 35.1 Å². The van der Waals surface area contributed by atoms with E-state index in [0.717, 1.165) is 46.2 Å². The SMILES string of the molecule is CCN1C(=O)/C(=N\c2cc3c(s2)-c2cc4c(cc2C(C(=O)OCc2ccccc2)(C(=O)OCc2ccccc2)O3)-c2sc(/N=C3/SC(=C(C#N)C#N)N(CC)C3=O)cc2OC4(C(=O)OCc2ccccc2)C(=O)OCc2ccccc2)SC1=C(C#N)C#N. The maximum absolute atomic E-state index is 15.6. The number of hydrogen-bond acceptors (Lipinski definition) is 22. The molecule has 88 heavy (non-hydrogen) atoms. The Bertz CT molecular complexity index is 3920. The highest BCUT2D eigenvalue weighted by Crippen LogP contribution is 2.59. The zero-order valence-electron chi connectivity index (χ0n) is 46.2. The molecule has 0 radical (unpaired) electrons.